The molecule has 2 aromatic rings. The molecule has 24 heavy (non-hydrogen) atoms. The van der Waals surface area contributed by atoms with Crippen LogP contribution in [-0.4, -0.2) is 33.4 Å². The van der Waals surface area contributed by atoms with Crippen molar-refractivity contribution in [3.63, 3.8) is 0 Å². The number of halogens is 2. The maximum Gasteiger partial charge on any atom is 0.241 e. The van der Waals surface area contributed by atoms with Crippen molar-refractivity contribution < 1.29 is 18.3 Å². The van der Waals surface area contributed by atoms with Crippen LogP contribution in [0.4, 0.5) is 8.78 Å². The smallest absolute Gasteiger partial charge is 0.241 e. The minimum atomic E-state index is -2.35. The average Bonchev–Trinajstić information content (AvgIpc) is 2.95. The van der Waals surface area contributed by atoms with Crippen LogP contribution in [0.2, 0.25) is 0 Å². The minimum Gasteiger partial charge on any atom is -0.474 e. The van der Waals surface area contributed by atoms with Gasteiger partial charge in [0.05, 0.1) is 5.39 Å². The molecule has 130 valence electrons. The summed E-state index contributed by atoms with van der Waals surface area (Å²) in [6.07, 6.45) is 4.40. The van der Waals surface area contributed by atoms with Crippen molar-refractivity contribution in [3.8, 4) is 5.88 Å². The Morgan fingerprint density at radius 3 is 2.88 bits per heavy atom. The molecule has 2 heterocycles. The van der Waals surface area contributed by atoms with Crippen molar-refractivity contribution in [2.75, 3.05) is 0 Å². The summed E-state index contributed by atoms with van der Waals surface area (Å²) in [5, 5.41) is 0.683. The third-order valence-corrected chi connectivity index (χ3v) is 3.58. The van der Waals surface area contributed by atoms with Gasteiger partial charge in [0.2, 0.25) is 18.2 Å². The van der Waals surface area contributed by atoms with Crippen LogP contribution in [-0.2, 0) is 11.2 Å². The molecule has 2 aromatic heterocycles. The number of primary amides is 1. The SMILES string of the molecule is CCC(CCC(F)F)Oc1ncnc2[nH]cc(CC=CC(N)=O)c12. The summed E-state index contributed by atoms with van der Waals surface area (Å²) >= 11 is 0. The number of hydrogen-bond acceptors (Lipinski definition) is 4. The number of allylic oxidation sites excluding steroid dienone is 1. The summed E-state index contributed by atoms with van der Waals surface area (Å²) in [5.41, 5.74) is 6.50. The van der Waals surface area contributed by atoms with Crippen LogP contribution in [0.15, 0.2) is 24.7 Å². The van der Waals surface area contributed by atoms with Gasteiger partial charge in [0.1, 0.15) is 18.1 Å². The molecule has 8 heteroatoms. The molecule has 1 atom stereocenters. The molecule has 0 aliphatic carbocycles. The lowest BCUT2D eigenvalue weighted by molar-refractivity contribution is -0.113. The van der Waals surface area contributed by atoms with E-state index < -0.39 is 12.3 Å². The molecule has 0 saturated heterocycles. The highest BCUT2D eigenvalue weighted by molar-refractivity contribution is 5.87. The Kier molecular flexibility index (Phi) is 6.22. The number of nitrogens with two attached hydrogens (primary N) is 1. The van der Waals surface area contributed by atoms with Crippen molar-refractivity contribution in [2.45, 2.75) is 45.1 Å². The second-order valence-corrected chi connectivity index (χ2v) is 5.34. The number of nitrogens with zero attached hydrogens (tertiary/aromatic N) is 2. The van der Waals surface area contributed by atoms with Gasteiger partial charge in [-0.15, -0.1) is 0 Å². The van der Waals surface area contributed by atoms with Crippen molar-refractivity contribution in [2.24, 2.45) is 5.73 Å². The minimum absolute atomic E-state index is 0.214. The molecule has 0 aliphatic rings. The van der Waals surface area contributed by atoms with Crippen LogP contribution in [0, 0.1) is 0 Å². The van der Waals surface area contributed by atoms with Gasteiger partial charge in [0.15, 0.2) is 0 Å². The first-order valence-corrected chi connectivity index (χ1v) is 7.73. The number of H-pyrrole nitrogens is 1. The number of carbonyl (C=O) groups is 1. The molecule has 6 nitrogen and oxygen atoms in total. The molecule has 1 amide bonds. The molecular weight excluding hydrogens is 318 g/mol. The quantitative estimate of drug-likeness (QED) is 0.687. The number of aromatic amines is 1. The molecule has 1 unspecified atom stereocenters. The first-order chi connectivity index (χ1) is 11.5. The number of amides is 1. The second kappa shape index (κ2) is 8.37. The van der Waals surface area contributed by atoms with Crippen LogP contribution >= 0.6 is 0 Å². The lowest BCUT2D eigenvalue weighted by atomic mass is 10.1. The van der Waals surface area contributed by atoms with E-state index in [1.807, 2.05) is 6.92 Å². The topological polar surface area (TPSA) is 93.9 Å². The number of ether oxygens (including phenoxy) is 1. The zero-order chi connectivity index (χ0) is 17.5. The number of carbonyl (C=O) groups excluding carboxylic acids is 1. The van der Waals surface area contributed by atoms with E-state index in [0.29, 0.717) is 29.8 Å². The molecule has 0 fully saturated rings. The fourth-order valence-corrected chi connectivity index (χ4v) is 2.36. The highest BCUT2D eigenvalue weighted by Crippen LogP contribution is 2.27. The standard InChI is InChI=1S/C16H20F2N4O2/c1-2-11(6-7-12(17)18)24-16-14-10(4-3-5-13(19)23)8-20-15(14)21-9-22-16/h3,5,8-9,11-12H,2,4,6-7H2,1H3,(H2,19,23)(H,20,21,22). The molecule has 0 spiro atoms. The van der Waals surface area contributed by atoms with E-state index in [1.54, 1.807) is 12.3 Å². The van der Waals surface area contributed by atoms with Crippen molar-refractivity contribution >= 4 is 16.9 Å². The molecule has 2 rings (SSSR count). The van der Waals surface area contributed by atoms with Crippen LogP contribution in [0.3, 0.4) is 0 Å². The van der Waals surface area contributed by atoms with Crippen LogP contribution in [0.25, 0.3) is 11.0 Å². The zero-order valence-corrected chi connectivity index (χ0v) is 13.3. The second-order valence-electron chi connectivity index (χ2n) is 5.34. The third-order valence-electron chi connectivity index (χ3n) is 3.58. The first-order valence-electron chi connectivity index (χ1n) is 7.73. The summed E-state index contributed by atoms with van der Waals surface area (Å²) in [4.78, 5) is 22.1. The predicted molar refractivity (Wildman–Crippen MR) is 85.9 cm³/mol. The number of nitrogens with one attached hydrogen (secondary N) is 1. The lowest BCUT2D eigenvalue weighted by Gasteiger charge is -2.17. The Labute approximate surface area is 138 Å². The summed E-state index contributed by atoms with van der Waals surface area (Å²) < 4.78 is 30.7. The van der Waals surface area contributed by atoms with Gasteiger partial charge in [-0.1, -0.05) is 13.0 Å². The number of hydrogen-bond donors (Lipinski definition) is 2. The maximum absolute atomic E-state index is 12.4. The van der Waals surface area contributed by atoms with Gasteiger partial charge in [0, 0.05) is 12.6 Å². The Morgan fingerprint density at radius 2 is 2.21 bits per heavy atom. The molecule has 0 saturated carbocycles. The van der Waals surface area contributed by atoms with Crippen molar-refractivity contribution in [1.82, 2.24) is 15.0 Å². The Bertz CT molecular complexity index is 715. The van der Waals surface area contributed by atoms with Gasteiger partial charge in [-0.25, -0.2) is 18.7 Å². The first kappa shape index (κ1) is 17.8. The van der Waals surface area contributed by atoms with Gasteiger partial charge in [-0.05, 0) is 30.9 Å². The van der Waals surface area contributed by atoms with E-state index in [0.717, 1.165) is 5.56 Å². The normalized spacial score (nSPS) is 13.0. The summed E-state index contributed by atoms with van der Waals surface area (Å²) in [5.74, 6) is -0.176. The summed E-state index contributed by atoms with van der Waals surface area (Å²) in [7, 11) is 0. The van der Waals surface area contributed by atoms with Crippen LogP contribution in [0.1, 0.15) is 31.7 Å². The molecular formula is C16H20F2N4O2. The largest absolute Gasteiger partial charge is 0.474 e. The molecule has 0 aliphatic heterocycles. The van der Waals surface area contributed by atoms with Crippen LogP contribution in [0.5, 0.6) is 5.88 Å². The molecule has 0 radical (unpaired) electrons. The van der Waals surface area contributed by atoms with Gasteiger partial charge in [0.25, 0.3) is 0 Å². The van der Waals surface area contributed by atoms with E-state index in [9.17, 15) is 13.6 Å². The van der Waals surface area contributed by atoms with E-state index in [2.05, 4.69) is 15.0 Å². The molecule has 0 aromatic carbocycles. The average molecular weight is 338 g/mol. The monoisotopic (exact) mass is 338 g/mol. The maximum atomic E-state index is 12.4. The number of rotatable bonds is 9. The molecule has 0 bridgehead atoms. The Balaban J connectivity index is 2.22. The van der Waals surface area contributed by atoms with E-state index in [1.165, 1.54) is 12.4 Å². The van der Waals surface area contributed by atoms with Gasteiger partial charge >= 0.3 is 0 Å². The summed E-state index contributed by atoms with van der Waals surface area (Å²) in [6, 6.07) is 0. The van der Waals surface area contributed by atoms with Crippen LogP contribution < -0.4 is 10.5 Å². The number of alkyl halides is 2. The van der Waals surface area contributed by atoms with Crippen molar-refractivity contribution in [3.05, 3.63) is 30.2 Å². The third kappa shape index (κ3) is 4.74. The highest BCUT2D eigenvalue weighted by Gasteiger charge is 2.17. The zero-order valence-electron chi connectivity index (χ0n) is 13.3. The lowest BCUT2D eigenvalue weighted by Crippen LogP contribution is -2.17. The van der Waals surface area contributed by atoms with E-state index in [4.69, 9.17) is 10.5 Å². The number of fused-ring (bicyclic) bond motifs is 1. The molecule has 3 N–H and O–H groups in total. The van der Waals surface area contributed by atoms with Gasteiger partial charge < -0.3 is 15.5 Å². The van der Waals surface area contributed by atoms with E-state index >= 15 is 0 Å². The van der Waals surface area contributed by atoms with Crippen molar-refractivity contribution in [1.29, 1.82) is 0 Å². The fourth-order valence-electron chi connectivity index (χ4n) is 2.36. The van der Waals surface area contributed by atoms with Gasteiger partial charge in [-0.3, -0.25) is 4.79 Å². The predicted octanol–water partition coefficient (Wildman–Crippen LogP) is 2.74. The fraction of sp³-hybridized carbons (Fsp3) is 0.438. The van der Waals surface area contributed by atoms with E-state index in [-0.39, 0.29) is 18.9 Å². The Morgan fingerprint density at radius 1 is 1.42 bits per heavy atom. The van der Waals surface area contributed by atoms with Gasteiger partial charge in [-0.2, -0.15) is 0 Å². The highest BCUT2D eigenvalue weighted by atomic mass is 19.3. The number of aromatic nitrogens is 3. The summed E-state index contributed by atoms with van der Waals surface area (Å²) in [6.45, 7) is 1.88. The Hall–Kier alpha value is -2.51.